The first-order valence-electron chi connectivity index (χ1n) is 5.97. The van der Waals surface area contributed by atoms with E-state index < -0.39 is 5.91 Å². The molecule has 90 valence electrons. The number of hydrogen-bond acceptors (Lipinski definition) is 3. The van der Waals surface area contributed by atoms with Gasteiger partial charge in [0.05, 0.1) is 0 Å². The Labute approximate surface area is 95.6 Å². The SMILES string of the molecule is CC1CC(NC(=O)C(=O)N2CCNCC2)C1. The molecule has 1 saturated heterocycles. The van der Waals surface area contributed by atoms with Gasteiger partial charge in [-0.05, 0) is 18.8 Å². The Kier molecular flexibility index (Phi) is 3.43. The summed E-state index contributed by atoms with van der Waals surface area (Å²) in [5.74, 6) is -0.126. The summed E-state index contributed by atoms with van der Waals surface area (Å²) in [6.45, 7) is 4.97. The molecule has 2 fully saturated rings. The summed E-state index contributed by atoms with van der Waals surface area (Å²) in [4.78, 5) is 25.0. The van der Waals surface area contributed by atoms with Crippen molar-refractivity contribution in [2.75, 3.05) is 26.2 Å². The van der Waals surface area contributed by atoms with Crippen molar-refractivity contribution < 1.29 is 9.59 Å². The molecular weight excluding hydrogens is 206 g/mol. The minimum atomic E-state index is -0.432. The quantitative estimate of drug-likeness (QED) is 0.582. The van der Waals surface area contributed by atoms with Gasteiger partial charge in [-0.25, -0.2) is 0 Å². The van der Waals surface area contributed by atoms with Crippen molar-refractivity contribution in [1.29, 1.82) is 0 Å². The second-order valence-corrected chi connectivity index (χ2v) is 4.79. The number of hydrogen-bond donors (Lipinski definition) is 2. The number of piperazine rings is 1. The van der Waals surface area contributed by atoms with Crippen molar-refractivity contribution in [3.63, 3.8) is 0 Å². The molecule has 0 spiro atoms. The molecule has 2 amide bonds. The monoisotopic (exact) mass is 225 g/mol. The molecule has 2 N–H and O–H groups in total. The Morgan fingerprint density at radius 2 is 1.88 bits per heavy atom. The first-order chi connectivity index (χ1) is 7.66. The maximum Gasteiger partial charge on any atom is 0.311 e. The summed E-state index contributed by atoms with van der Waals surface area (Å²) in [5, 5.41) is 5.95. The number of amides is 2. The molecule has 0 aromatic rings. The van der Waals surface area contributed by atoms with E-state index in [2.05, 4.69) is 17.6 Å². The van der Waals surface area contributed by atoms with Crippen LogP contribution in [0.4, 0.5) is 0 Å². The Bertz CT molecular complexity index is 281. The predicted octanol–water partition coefficient (Wildman–Crippen LogP) is -0.667. The maximum atomic E-state index is 11.7. The molecule has 16 heavy (non-hydrogen) atoms. The zero-order valence-corrected chi connectivity index (χ0v) is 9.66. The van der Waals surface area contributed by atoms with Crippen molar-refractivity contribution in [2.45, 2.75) is 25.8 Å². The second kappa shape index (κ2) is 4.82. The third-order valence-electron chi connectivity index (χ3n) is 3.31. The van der Waals surface area contributed by atoms with Crippen molar-refractivity contribution in [2.24, 2.45) is 5.92 Å². The molecule has 1 heterocycles. The summed E-state index contributed by atoms with van der Waals surface area (Å²) in [5.41, 5.74) is 0. The van der Waals surface area contributed by atoms with Crippen LogP contribution in [-0.2, 0) is 9.59 Å². The normalized spacial score (nSPS) is 29.4. The molecular formula is C11H19N3O2. The lowest BCUT2D eigenvalue weighted by Crippen LogP contribution is -2.54. The predicted molar refractivity (Wildman–Crippen MR) is 59.8 cm³/mol. The van der Waals surface area contributed by atoms with E-state index in [0.29, 0.717) is 19.0 Å². The van der Waals surface area contributed by atoms with Gasteiger partial charge < -0.3 is 15.5 Å². The van der Waals surface area contributed by atoms with Crippen molar-refractivity contribution >= 4 is 11.8 Å². The fraction of sp³-hybridized carbons (Fsp3) is 0.818. The molecule has 0 bridgehead atoms. The standard InChI is InChI=1S/C11H19N3O2/c1-8-6-9(7-8)13-10(15)11(16)14-4-2-12-3-5-14/h8-9,12H,2-7H2,1H3,(H,13,15). The number of rotatable bonds is 1. The fourth-order valence-electron chi connectivity index (χ4n) is 2.28. The average Bonchev–Trinajstić information content (AvgIpc) is 2.27. The third kappa shape index (κ3) is 2.52. The molecule has 2 rings (SSSR count). The molecule has 0 aromatic carbocycles. The zero-order chi connectivity index (χ0) is 11.5. The molecule has 1 saturated carbocycles. The molecule has 1 aliphatic carbocycles. The number of nitrogens with one attached hydrogen (secondary N) is 2. The molecule has 2 aliphatic rings. The van der Waals surface area contributed by atoms with E-state index in [1.807, 2.05) is 0 Å². The van der Waals surface area contributed by atoms with Gasteiger partial charge in [-0.2, -0.15) is 0 Å². The lowest BCUT2D eigenvalue weighted by Gasteiger charge is -2.34. The Morgan fingerprint density at radius 3 is 2.44 bits per heavy atom. The zero-order valence-electron chi connectivity index (χ0n) is 9.66. The van der Waals surface area contributed by atoms with E-state index in [-0.39, 0.29) is 11.9 Å². The van der Waals surface area contributed by atoms with Crippen molar-refractivity contribution in [1.82, 2.24) is 15.5 Å². The van der Waals surface area contributed by atoms with Gasteiger partial charge in [-0.15, -0.1) is 0 Å². The maximum absolute atomic E-state index is 11.7. The Morgan fingerprint density at radius 1 is 1.25 bits per heavy atom. The van der Waals surface area contributed by atoms with Gasteiger partial charge in [0.1, 0.15) is 0 Å². The third-order valence-corrected chi connectivity index (χ3v) is 3.31. The topological polar surface area (TPSA) is 61.4 Å². The largest absolute Gasteiger partial charge is 0.345 e. The molecule has 5 heteroatoms. The smallest absolute Gasteiger partial charge is 0.311 e. The van der Waals surface area contributed by atoms with Crippen LogP contribution in [0.1, 0.15) is 19.8 Å². The van der Waals surface area contributed by atoms with Crippen LogP contribution in [0.2, 0.25) is 0 Å². The van der Waals surface area contributed by atoms with Gasteiger partial charge in [0.2, 0.25) is 0 Å². The summed E-state index contributed by atoms with van der Waals surface area (Å²) in [6.07, 6.45) is 2.00. The van der Waals surface area contributed by atoms with Crippen LogP contribution >= 0.6 is 0 Å². The van der Waals surface area contributed by atoms with Gasteiger partial charge in [0.25, 0.3) is 0 Å². The second-order valence-electron chi connectivity index (χ2n) is 4.79. The first-order valence-corrected chi connectivity index (χ1v) is 5.97. The summed E-state index contributed by atoms with van der Waals surface area (Å²) < 4.78 is 0. The lowest BCUT2D eigenvalue weighted by molar-refractivity contribution is -0.147. The van der Waals surface area contributed by atoms with Crippen LogP contribution in [0.3, 0.4) is 0 Å². The van der Waals surface area contributed by atoms with E-state index in [1.54, 1.807) is 4.90 Å². The van der Waals surface area contributed by atoms with E-state index in [4.69, 9.17) is 0 Å². The van der Waals surface area contributed by atoms with Crippen LogP contribution < -0.4 is 10.6 Å². The van der Waals surface area contributed by atoms with Gasteiger partial charge in [-0.3, -0.25) is 9.59 Å². The van der Waals surface area contributed by atoms with Crippen LogP contribution in [-0.4, -0.2) is 48.9 Å². The summed E-state index contributed by atoms with van der Waals surface area (Å²) in [6, 6.07) is 0.217. The highest BCUT2D eigenvalue weighted by atomic mass is 16.2. The van der Waals surface area contributed by atoms with E-state index >= 15 is 0 Å². The number of carbonyl (C=O) groups is 2. The van der Waals surface area contributed by atoms with Crippen molar-refractivity contribution in [3.8, 4) is 0 Å². The minimum absolute atomic E-state index is 0.217. The molecule has 0 unspecified atom stereocenters. The van der Waals surface area contributed by atoms with Gasteiger partial charge in [0.15, 0.2) is 0 Å². The minimum Gasteiger partial charge on any atom is -0.345 e. The van der Waals surface area contributed by atoms with E-state index in [1.165, 1.54) is 0 Å². The highest BCUT2D eigenvalue weighted by Crippen LogP contribution is 2.26. The van der Waals surface area contributed by atoms with Crippen LogP contribution in [0, 0.1) is 5.92 Å². The van der Waals surface area contributed by atoms with Crippen LogP contribution in [0.15, 0.2) is 0 Å². The average molecular weight is 225 g/mol. The Hall–Kier alpha value is -1.10. The molecule has 5 nitrogen and oxygen atoms in total. The first kappa shape index (κ1) is 11.4. The fourth-order valence-corrected chi connectivity index (χ4v) is 2.28. The highest BCUT2D eigenvalue weighted by Gasteiger charge is 2.30. The molecule has 1 aliphatic heterocycles. The molecule has 0 radical (unpaired) electrons. The van der Waals surface area contributed by atoms with E-state index in [0.717, 1.165) is 25.9 Å². The number of nitrogens with zero attached hydrogens (tertiary/aromatic N) is 1. The van der Waals surface area contributed by atoms with Gasteiger partial charge in [0, 0.05) is 32.2 Å². The highest BCUT2D eigenvalue weighted by molar-refractivity contribution is 6.35. The van der Waals surface area contributed by atoms with Crippen LogP contribution in [0.25, 0.3) is 0 Å². The summed E-state index contributed by atoms with van der Waals surface area (Å²) in [7, 11) is 0. The molecule has 0 aromatic heterocycles. The lowest BCUT2D eigenvalue weighted by atomic mass is 9.82. The van der Waals surface area contributed by atoms with Crippen LogP contribution in [0.5, 0.6) is 0 Å². The van der Waals surface area contributed by atoms with Crippen molar-refractivity contribution in [3.05, 3.63) is 0 Å². The molecule has 0 atom stereocenters. The summed E-state index contributed by atoms with van der Waals surface area (Å²) >= 11 is 0. The number of carbonyl (C=O) groups excluding carboxylic acids is 2. The van der Waals surface area contributed by atoms with Gasteiger partial charge in [-0.1, -0.05) is 6.92 Å². The Balaban J connectivity index is 1.77. The van der Waals surface area contributed by atoms with E-state index in [9.17, 15) is 9.59 Å². The van der Waals surface area contributed by atoms with Gasteiger partial charge >= 0.3 is 11.8 Å².